The lowest BCUT2D eigenvalue weighted by molar-refractivity contribution is -0.116. The Morgan fingerprint density at radius 3 is 2.61 bits per heavy atom. The summed E-state index contributed by atoms with van der Waals surface area (Å²) >= 11 is 2.66. The number of thioether (sulfide) groups is 1. The number of hydrogen-bond acceptors (Lipinski definition) is 6. The number of aryl methyl sites for hydroxylation is 1. The molecule has 0 spiro atoms. The Hall–Kier alpha value is -3.41. The highest BCUT2D eigenvalue weighted by molar-refractivity contribution is 7.99. The van der Waals surface area contributed by atoms with E-state index in [1.165, 1.54) is 27.7 Å². The van der Waals surface area contributed by atoms with Crippen LogP contribution in [-0.4, -0.2) is 27.8 Å². The fraction of sp³-hybridized carbons (Fsp3) is 0.200. The molecule has 166 valence electrons. The Bertz CT molecular complexity index is 1390. The van der Waals surface area contributed by atoms with Gasteiger partial charge in [-0.3, -0.25) is 14.2 Å². The summed E-state index contributed by atoms with van der Waals surface area (Å²) in [7, 11) is 1.68. The number of nitrogens with zero attached hydrogens (tertiary/aromatic N) is 4. The number of thiophene rings is 1. The molecule has 0 aliphatic heterocycles. The molecule has 0 unspecified atom stereocenters. The average molecular weight is 475 g/mol. The van der Waals surface area contributed by atoms with Crippen molar-refractivity contribution in [3.8, 4) is 17.2 Å². The van der Waals surface area contributed by atoms with E-state index < -0.39 is 0 Å². The van der Waals surface area contributed by atoms with E-state index in [0.717, 1.165) is 22.4 Å². The quantitative estimate of drug-likeness (QED) is 0.278. The van der Waals surface area contributed by atoms with Crippen LogP contribution in [-0.2, 0) is 11.8 Å². The molecular formula is C25H22N4O2S2. The maximum atomic E-state index is 13.2. The van der Waals surface area contributed by atoms with Gasteiger partial charge in [0.2, 0.25) is 5.91 Å². The second-order valence-electron chi connectivity index (χ2n) is 7.53. The lowest BCUT2D eigenvalue weighted by atomic mass is 10.1. The van der Waals surface area contributed by atoms with Gasteiger partial charge in [-0.15, -0.1) is 11.3 Å². The van der Waals surface area contributed by atoms with Gasteiger partial charge in [0.05, 0.1) is 23.6 Å². The van der Waals surface area contributed by atoms with Gasteiger partial charge in [0.15, 0.2) is 5.16 Å². The second-order valence-corrected chi connectivity index (χ2v) is 9.33. The normalized spacial score (nSPS) is 10.8. The summed E-state index contributed by atoms with van der Waals surface area (Å²) in [6.45, 7) is 2.30. The van der Waals surface area contributed by atoms with Gasteiger partial charge in [0.1, 0.15) is 4.83 Å². The molecule has 6 nitrogen and oxygen atoms in total. The third kappa shape index (κ3) is 4.85. The molecule has 0 saturated heterocycles. The monoisotopic (exact) mass is 474 g/mol. The largest absolute Gasteiger partial charge is 0.311 e. The minimum Gasteiger partial charge on any atom is -0.311 e. The Balaban J connectivity index is 1.59. The van der Waals surface area contributed by atoms with Gasteiger partial charge in [-0.05, 0) is 24.6 Å². The van der Waals surface area contributed by atoms with E-state index >= 15 is 0 Å². The Labute approximate surface area is 200 Å². The molecule has 0 aliphatic carbocycles. The number of benzene rings is 2. The number of nitriles is 1. The van der Waals surface area contributed by atoms with Crippen molar-refractivity contribution in [3.63, 3.8) is 0 Å². The average Bonchev–Trinajstić information content (AvgIpc) is 3.26. The smallest absolute Gasteiger partial charge is 0.263 e. The molecular weight excluding hydrogens is 452 g/mol. The van der Waals surface area contributed by atoms with E-state index in [1.54, 1.807) is 11.9 Å². The van der Waals surface area contributed by atoms with Crippen molar-refractivity contribution < 1.29 is 4.79 Å². The number of anilines is 1. The van der Waals surface area contributed by atoms with Crippen LogP contribution in [0.1, 0.15) is 12.0 Å². The molecule has 0 fully saturated rings. The van der Waals surface area contributed by atoms with Crippen LogP contribution in [0.5, 0.6) is 0 Å². The lowest BCUT2D eigenvalue weighted by Crippen LogP contribution is -2.33. The van der Waals surface area contributed by atoms with Crippen LogP contribution in [0.2, 0.25) is 0 Å². The number of carbonyl (C=O) groups excluding carboxylic acids is 1. The van der Waals surface area contributed by atoms with E-state index in [4.69, 9.17) is 5.26 Å². The first-order chi connectivity index (χ1) is 16.0. The first-order valence-corrected chi connectivity index (χ1v) is 12.3. The number of aromatic nitrogens is 2. The topological polar surface area (TPSA) is 79.0 Å². The van der Waals surface area contributed by atoms with Crippen LogP contribution in [0.3, 0.4) is 0 Å². The molecule has 8 heteroatoms. The van der Waals surface area contributed by atoms with Gasteiger partial charge < -0.3 is 4.90 Å². The zero-order valence-corrected chi connectivity index (χ0v) is 19.9. The molecule has 0 aliphatic rings. The third-order valence-electron chi connectivity index (χ3n) is 5.28. The van der Waals surface area contributed by atoms with Gasteiger partial charge in [-0.25, -0.2) is 4.98 Å². The minimum absolute atomic E-state index is 0.113. The van der Waals surface area contributed by atoms with Crippen molar-refractivity contribution in [2.24, 2.45) is 7.05 Å². The number of amides is 1. The zero-order chi connectivity index (χ0) is 23.4. The van der Waals surface area contributed by atoms with Crippen LogP contribution in [0.4, 0.5) is 5.69 Å². The van der Waals surface area contributed by atoms with Crippen LogP contribution < -0.4 is 10.5 Å². The minimum atomic E-state index is -0.135. The summed E-state index contributed by atoms with van der Waals surface area (Å²) in [6, 6.07) is 19.5. The molecule has 0 bridgehead atoms. The van der Waals surface area contributed by atoms with Gasteiger partial charge >= 0.3 is 0 Å². The molecule has 2 aromatic heterocycles. The summed E-state index contributed by atoms with van der Waals surface area (Å²) < 4.78 is 1.50. The highest BCUT2D eigenvalue weighted by Crippen LogP contribution is 2.32. The molecule has 4 rings (SSSR count). The standard InChI is InChI=1S/C25H22N4O2S2/c1-17-9-11-19(12-10-17)29(14-6-13-26)21(30)16-33-25-27-23-22(24(31)28(25)2)20(15-32-23)18-7-4-3-5-8-18/h3-5,7-12,15H,6,14,16H2,1-2H3. The summed E-state index contributed by atoms with van der Waals surface area (Å²) in [5, 5.41) is 12.1. The highest BCUT2D eigenvalue weighted by atomic mass is 32.2. The number of carbonyl (C=O) groups is 1. The molecule has 1 amide bonds. The molecule has 2 heterocycles. The van der Waals surface area contributed by atoms with Gasteiger partial charge in [0, 0.05) is 30.2 Å². The molecule has 0 radical (unpaired) electrons. The fourth-order valence-electron chi connectivity index (χ4n) is 3.50. The predicted octanol–water partition coefficient (Wildman–Crippen LogP) is 5.01. The third-order valence-corrected chi connectivity index (χ3v) is 7.16. The molecule has 2 aromatic carbocycles. The van der Waals surface area contributed by atoms with Crippen molar-refractivity contribution in [1.82, 2.24) is 9.55 Å². The van der Waals surface area contributed by atoms with Crippen LogP contribution in [0.15, 0.2) is 69.9 Å². The van der Waals surface area contributed by atoms with Crippen molar-refractivity contribution in [2.45, 2.75) is 18.5 Å². The zero-order valence-electron chi connectivity index (χ0n) is 18.3. The van der Waals surface area contributed by atoms with Crippen molar-refractivity contribution in [3.05, 3.63) is 75.9 Å². The molecule has 4 aromatic rings. The predicted molar refractivity (Wildman–Crippen MR) is 135 cm³/mol. The summed E-state index contributed by atoms with van der Waals surface area (Å²) in [5.74, 6) is -0.0215. The van der Waals surface area contributed by atoms with E-state index in [9.17, 15) is 9.59 Å². The number of fused-ring (bicyclic) bond motifs is 1. The van der Waals surface area contributed by atoms with E-state index in [-0.39, 0.29) is 23.6 Å². The SMILES string of the molecule is Cc1ccc(N(CCC#N)C(=O)CSc2nc3scc(-c4ccccc4)c3c(=O)n2C)cc1. The lowest BCUT2D eigenvalue weighted by Gasteiger charge is -2.22. The summed E-state index contributed by atoms with van der Waals surface area (Å²) in [5.41, 5.74) is 3.57. The summed E-state index contributed by atoms with van der Waals surface area (Å²) in [4.78, 5) is 33.2. The molecule has 0 N–H and O–H groups in total. The van der Waals surface area contributed by atoms with Gasteiger partial charge in [-0.1, -0.05) is 59.8 Å². The Morgan fingerprint density at radius 1 is 1.18 bits per heavy atom. The van der Waals surface area contributed by atoms with E-state index in [1.807, 2.05) is 66.9 Å². The van der Waals surface area contributed by atoms with E-state index in [0.29, 0.717) is 21.9 Å². The van der Waals surface area contributed by atoms with Crippen molar-refractivity contribution in [2.75, 3.05) is 17.2 Å². The van der Waals surface area contributed by atoms with Crippen molar-refractivity contribution >= 4 is 44.9 Å². The molecule has 0 atom stereocenters. The van der Waals surface area contributed by atoms with Crippen molar-refractivity contribution in [1.29, 1.82) is 5.26 Å². The molecule has 33 heavy (non-hydrogen) atoms. The second kappa shape index (κ2) is 10.0. The molecule has 0 saturated carbocycles. The highest BCUT2D eigenvalue weighted by Gasteiger charge is 2.19. The first kappa shape index (κ1) is 22.8. The van der Waals surface area contributed by atoms with Gasteiger partial charge in [0.25, 0.3) is 5.56 Å². The maximum absolute atomic E-state index is 13.2. The Morgan fingerprint density at radius 2 is 1.91 bits per heavy atom. The van der Waals surface area contributed by atoms with Crippen LogP contribution in [0.25, 0.3) is 21.3 Å². The van der Waals surface area contributed by atoms with Crippen LogP contribution >= 0.6 is 23.1 Å². The maximum Gasteiger partial charge on any atom is 0.263 e. The van der Waals surface area contributed by atoms with Crippen LogP contribution in [0, 0.1) is 18.3 Å². The Kier molecular flexibility index (Phi) is 6.92. The summed E-state index contributed by atoms with van der Waals surface area (Å²) in [6.07, 6.45) is 0.241. The fourth-order valence-corrected chi connectivity index (χ4v) is 5.34. The first-order valence-electron chi connectivity index (χ1n) is 10.4. The number of hydrogen-bond donors (Lipinski definition) is 0. The van der Waals surface area contributed by atoms with E-state index in [2.05, 4.69) is 11.1 Å². The number of rotatable bonds is 7. The van der Waals surface area contributed by atoms with Gasteiger partial charge in [-0.2, -0.15) is 5.26 Å².